The number of carboxylic acids is 1. The number of aromatic carboxylic acids is 1. The van der Waals surface area contributed by atoms with E-state index in [1.54, 1.807) is 11.0 Å². The molecule has 1 aliphatic heterocycles. The van der Waals surface area contributed by atoms with Gasteiger partial charge in [-0.2, -0.15) is 0 Å². The Morgan fingerprint density at radius 1 is 1.22 bits per heavy atom. The van der Waals surface area contributed by atoms with E-state index < -0.39 is 11.6 Å². The van der Waals surface area contributed by atoms with E-state index in [1.165, 1.54) is 0 Å². The van der Waals surface area contributed by atoms with Crippen LogP contribution in [0.1, 0.15) is 75.2 Å². The van der Waals surface area contributed by atoms with Crippen LogP contribution in [0.3, 0.4) is 0 Å². The molecular formula is C21H30N2O4. The molecule has 1 saturated heterocycles. The van der Waals surface area contributed by atoms with Gasteiger partial charge in [0, 0.05) is 24.3 Å². The van der Waals surface area contributed by atoms with Crippen LogP contribution in [0.5, 0.6) is 0 Å². The van der Waals surface area contributed by atoms with Crippen molar-refractivity contribution < 1.29 is 19.4 Å². The molecule has 6 heteroatoms. The normalized spacial score (nSPS) is 19.5. The van der Waals surface area contributed by atoms with E-state index in [9.17, 15) is 14.7 Å². The second kappa shape index (κ2) is 7.06. The molecule has 6 nitrogen and oxygen atoms in total. The molecular weight excluding hydrogens is 344 g/mol. The lowest BCUT2D eigenvalue weighted by atomic mass is 9.88. The number of carbonyl (C=O) groups is 2. The van der Waals surface area contributed by atoms with Gasteiger partial charge in [-0.1, -0.05) is 0 Å². The molecule has 0 bridgehead atoms. The molecule has 0 aromatic heterocycles. The first-order valence-corrected chi connectivity index (χ1v) is 9.70. The Labute approximate surface area is 160 Å². The van der Waals surface area contributed by atoms with Crippen molar-refractivity contribution in [3.8, 4) is 0 Å². The zero-order valence-electron chi connectivity index (χ0n) is 16.7. The van der Waals surface area contributed by atoms with Gasteiger partial charge in [0.15, 0.2) is 0 Å². The zero-order chi connectivity index (χ0) is 19.8. The van der Waals surface area contributed by atoms with E-state index in [2.05, 4.69) is 12.2 Å². The van der Waals surface area contributed by atoms with Gasteiger partial charge in [0.25, 0.3) is 0 Å². The molecule has 2 N–H and O–H groups in total. The molecule has 148 valence electrons. The Bertz CT molecular complexity index is 726. The number of ether oxygens (including phenoxy) is 1. The molecule has 1 saturated carbocycles. The van der Waals surface area contributed by atoms with Crippen molar-refractivity contribution in [1.29, 1.82) is 0 Å². The standard InChI is InChI=1S/C21H30N2O4/c1-20(2,3)27-19(26)23-11-9-21(4,10-12-23)22-17-8-7-15(18(24)25)13-16(17)14-5-6-14/h7-8,13-14,22H,5-6,9-12H2,1-4H3,(H,24,25). The lowest BCUT2D eigenvalue weighted by molar-refractivity contribution is 0.0184. The van der Waals surface area contributed by atoms with Gasteiger partial charge < -0.3 is 20.1 Å². The van der Waals surface area contributed by atoms with Crippen LogP contribution in [0.25, 0.3) is 0 Å². The van der Waals surface area contributed by atoms with Gasteiger partial charge in [-0.05, 0) is 83.1 Å². The van der Waals surface area contributed by atoms with Gasteiger partial charge >= 0.3 is 12.1 Å². The highest BCUT2D eigenvalue weighted by Gasteiger charge is 2.35. The Hall–Kier alpha value is -2.24. The largest absolute Gasteiger partial charge is 0.478 e. The maximum absolute atomic E-state index is 12.3. The molecule has 3 rings (SSSR count). The van der Waals surface area contributed by atoms with E-state index in [4.69, 9.17) is 4.74 Å². The minimum absolute atomic E-state index is 0.132. The smallest absolute Gasteiger partial charge is 0.410 e. The van der Waals surface area contributed by atoms with E-state index in [-0.39, 0.29) is 11.6 Å². The summed E-state index contributed by atoms with van der Waals surface area (Å²) in [5, 5.41) is 12.9. The molecule has 27 heavy (non-hydrogen) atoms. The zero-order valence-corrected chi connectivity index (χ0v) is 16.7. The lowest BCUT2D eigenvalue weighted by Gasteiger charge is -2.41. The van der Waals surface area contributed by atoms with Crippen molar-refractivity contribution >= 4 is 17.7 Å². The molecule has 1 aliphatic carbocycles. The summed E-state index contributed by atoms with van der Waals surface area (Å²) in [7, 11) is 0. The van der Waals surface area contributed by atoms with Crippen molar-refractivity contribution in [2.45, 2.75) is 70.4 Å². The van der Waals surface area contributed by atoms with Gasteiger partial charge in [0.05, 0.1) is 5.56 Å². The Balaban J connectivity index is 1.67. The average molecular weight is 374 g/mol. The molecule has 0 spiro atoms. The number of hydrogen-bond donors (Lipinski definition) is 2. The number of rotatable bonds is 4. The first kappa shape index (κ1) is 19.5. The van der Waals surface area contributed by atoms with Gasteiger partial charge in [-0.15, -0.1) is 0 Å². The Morgan fingerprint density at radius 3 is 2.37 bits per heavy atom. The van der Waals surface area contributed by atoms with Crippen LogP contribution >= 0.6 is 0 Å². The summed E-state index contributed by atoms with van der Waals surface area (Å²) in [6.07, 6.45) is 3.60. The molecule has 1 amide bonds. The van der Waals surface area contributed by atoms with Gasteiger partial charge in [-0.3, -0.25) is 0 Å². The van der Waals surface area contributed by atoms with Crippen molar-refractivity contribution in [3.63, 3.8) is 0 Å². The van der Waals surface area contributed by atoms with Crippen LogP contribution in [0.2, 0.25) is 0 Å². The summed E-state index contributed by atoms with van der Waals surface area (Å²) in [5.74, 6) is -0.433. The Kier molecular flexibility index (Phi) is 5.10. The second-order valence-electron chi connectivity index (χ2n) is 9.03. The number of nitrogens with zero attached hydrogens (tertiary/aromatic N) is 1. The lowest BCUT2D eigenvalue weighted by Crippen LogP contribution is -2.50. The fourth-order valence-electron chi connectivity index (χ4n) is 3.50. The van der Waals surface area contributed by atoms with Gasteiger partial charge in [0.1, 0.15) is 5.60 Å². The van der Waals surface area contributed by atoms with Crippen LogP contribution in [0, 0.1) is 0 Å². The summed E-state index contributed by atoms with van der Waals surface area (Å²) in [6.45, 7) is 9.08. The number of carbonyl (C=O) groups excluding carboxylic acids is 1. The number of amides is 1. The minimum atomic E-state index is -0.889. The van der Waals surface area contributed by atoms with E-state index in [0.29, 0.717) is 24.6 Å². The summed E-state index contributed by atoms with van der Waals surface area (Å²) in [6, 6.07) is 5.36. The van der Waals surface area contributed by atoms with E-state index in [1.807, 2.05) is 32.9 Å². The summed E-state index contributed by atoms with van der Waals surface area (Å²) < 4.78 is 5.47. The predicted octanol–water partition coefficient (Wildman–Crippen LogP) is 4.46. The minimum Gasteiger partial charge on any atom is -0.478 e. The summed E-state index contributed by atoms with van der Waals surface area (Å²) >= 11 is 0. The highest BCUT2D eigenvalue weighted by atomic mass is 16.6. The quantitative estimate of drug-likeness (QED) is 0.813. The third-order valence-corrected chi connectivity index (χ3v) is 5.27. The number of benzene rings is 1. The monoisotopic (exact) mass is 374 g/mol. The number of hydrogen-bond acceptors (Lipinski definition) is 4. The number of likely N-dealkylation sites (tertiary alicyclic amines) is 1. The predicted molar refractivity (Wildman–Crippen MR) is 104 cm³/mol. The number of carboxylic acid groups (broad SMARTS) is 1. The van der Waals surface area contributed by atoms with E-state index >= 15 is 0 Å². The molecule has 0 radical (unpaired) electrons. The van der Waals surface area contributed by atoms with Crippen molar-refractivity contribution in [1.82, 2.24) is 4.90 Å². The fourth-order valence-corrected chi connectivity index (χ4v) is 3.50. The van der Waals surface area contributed by atoms with Crippen LogP contribution in [0.4, 0.5) is 10.5 Å². The summed E-state index contributed by atoms with van der Waals surface area (Å²) in [4.78, 5) is 25.3. The highest BCUT2D eigenvalue weighted by Crippen LogP contribution is 2.45. The van der Waals surface area contributed by atoms with Crippen molar-refractivity contribution in [3.05, 3.63) is 29.3 Å². The second-order valence-corrected chi connectivity index (χ2v) is 9.03. The van der Waals surface area contributed by atoms with E-state index in [0.717, 1.165) is 36.9 Å². The maximum Gasteiger partial charge on any atom is 0.410 e. The number of piperidine rings is 1. The van der Waals surface area contributed by atoms with Crippen molar-refractivity contribution in [2.24, 2.45) is 0 Å². The molecule has 2 fully saturated rings. The first-order chi connectivity index (χ1) is 12.6. The molecule has 1 heterocycles. The Morgan fingerprint density at radius 2 is 1.85 bits per heavy atom. The van der Waals surface area contributed by atoms with Crippen LogP contribution in [0.15, 0.2) is 18.2 Å². The van der Waals surface area contributed by atoms with Crippen molar-refractivity contribution in [2.75, 3.05) is 18.4 Å². The fraction of sp³-hybridized carbons (Fsp3) is 0.619. The SMILES string of the molecule is CC1(Nc2ccc(C(=O)O)cc2C2CC2)CCN(C(=O)OC(C)(C)C)CC1. The first-order valence-electron chi connectivity index (χ1n) is 9.70. The van der Waals surface area contributed by atoms with Crippen LogP contribution in [-0.2, 0) is 4.74 Å². The topological polar surface area (TPSA) is 78.9 Å². The number of anilines is 1. The highest BCUT2D eigenvalue weighted by molar-refractivity contribution is 5.88. The molecule has 1 aromatic carbocycles. The van der Waals surface area contributed by atoms with Gasteiger partial charge in [0.2, 0.25) is 0 Å². The summed E-state index contributed by atoms with van der Waals surface area (Å²) in [5.41, 5.74) is 1.85. The average Bonchev–Trinajstić information content (AvgIpc) is 3.38. The molecule has 1 aromatic rings. The third-order valence-electron chi connectivity index (χ3n) is 5.27. The molecule has 2 aliphatic rings. The number of nitrogens with one attached hydrogen (secondary N) is 1. The maximum atomic E-state index is 12.3. The van der Waals surface area contributed by atoms with Crippen LogP contribution < -0.4 is 5.32 Å². The third kappa shape index (κ3) is 4.93. The van der Waals surface area contributed by atoms with Crippen LogP contribution in [-0.4, -0.2) is 46.3 Å². The van der Waals surface area contributed by atoms with Gasteiger partial charge in [-0.25, -0.2) is 9.59 Å². The molecule has 0 unspecified atom stereocenters. The molecule has 0 atom stereocenters.